The Hall–Kier alpha value is -0.0800. The van der Waals surface area contributed by atoms with E-state index in [1.165, 1.54) is 45.2 Å². The number of hydrogen-bond acceptors (Lipinski definition) is 2. The van der Waals surface area contributed by atoms with Gasteiger partial charge in [-0.2, -0.15) is 0 Å². The van der Waals surface area contributed by atoms with Crippen molar-refractivity contribution in [1.29, 1.82) is 0 Å². The molecule has 2 fully saturated rings. The van der Waals surface area contributed by atoms with Crippen molar-refractivity contribution in [3.63, 3.8) is 0 Å². The molecule has 0 bridgehead atoms. The summed E-state index contributed by atoms with van der Waals surface area (Å²) in [6.45, 7) is 2.61. The van der Waals surface area contributed by atoms with Crippen LogP contribution in [0.1, 0.15) is 44.9 Å². The first kappa shape index (κ1) is 9.47. The van der Waals surface area contributed by atoms with E-state index in [0.717, 1.165) is 18.9 Å². The number of hydrogen-bond donors (Lipinski definition) is 1. The molecule has 2 heteroatoms. The van der Waals surface area contributed by atoms with Crippen LogP contribution in [0.4, 0.5) is 0 Å². The van der Waals surface area contributed by atoms with Crippen LogP contribution in [0.3, 0.4) is 0 Å². The first-order valence-electron chi connectivity index (χ1n) is 5.78. The molecule has 0 unspecified atom stereocenters. The molecule has 0 aromatic heterocycles. The zero-order valence-electron chi connectivity index (χ0n) is 8.41. The van der Waals surface area contributed by atoms with Crippen molar-refractivity contribution >= 4 is 0 Å². The lowest BCUT2D eigenvalue weighted by atomic mass is 9.91. The fourth-order valence-corrected chi connectivity index (χ4v) is 2.71. The molecular weight excluding hydrogens is 162 g/mol. The zero-order valence-corrected chi connectivity index (χ0v) is 8.41. The molecule has 0 aromatic carbocycles. The average molecular weight is 183 g/mol. The summed E-state index contributed by atoms with van der Waals surface area (Å²) < 4.78 is 0. The van der Waals surface area contributed by atoms with Gasteiger partial charge in [0.15, 0.2) is 0 Å². The fraction of sp³-hybridized carbons (Fsp3) is 1.00. The summed E-state index contributed by atoms with van der Waals surface area (Å²) in [6.07, 6.45) is 8.70. The molecular formula is C11H21NO. The minimum Gasteiger partial charge on any atom is -0.393 e. The maximum Gasteiger partial charge on any atom is 0.0541 e. The monoisotopic (exact) mass is 183 g/mol. The highest BCUT2D eigenvalue weighted by atomic mass is 16.3. The molecule has 0 aromatic rings. The molecule has 1 aliphatic carbocycles. The van der Waals surface area contributed by atoms with Gasteiger partial charge in [0, 0.05) is 6.04 Å². The van der Waals surface area contributed by atoms with Gasteiger partial charge in [-0.15, -0.1) is 0 Å². The van der Waals surface area contributed by atoms with E-state index >= 15 is 0 Å². The Kier molecular flexibility index (Phi) is 3.23. The molecule has 1 heterocycles. The summed E-state index contributed by atoms with van der Waals surface area (Å²) in [4.78, 5) is 2.65. The summed E-state index contributed by atoms with van der Waals surface area (Å²) in [7, 11) is 0. The predicted octanol–water partition coefficient (Wildman–Crippen LogP) is 1.78. The van der Waals surface area contributed by atoms with E-state index in [1.807, 2.05) is 0 Å². The molecule has 2 rings (SSSR count). The minimum atomic E-state index is 0.000963. The van der Waals surface area contributed by atoms with Crippen LogP contribution in [0.2, 0.25) is 0 Å². The van der Waals surface area contributed by atoms with E-state index in [2.05, 4.69) is 4.90 Å². The molecule has 0 atom stereocenters. The predicted molar refractivity (Wildman–Crippen MR) is 53.7 cm³/mol. The maximum atomic E-state index is 9.41. The third kappa shape index (κ3) is 2.44. The lowest BCUT2D eigenvalue weighted by molar-refractivity contribution is 0.0649. The first-order valence-corrected chi connectivity index (χ1v) is 5.78. The zero-order chi connectivity index (χ0) is 9.10. The molecule has 13 heavy (non-hydrogen) atoms. The summed E-state index contributed by atoms with van der Waals surface area (Å²) >= 11 is 0. The largest absolute Gasteiger partial charge is 0.393 e. The van der Waals surface area contributed by atoms with E-state index in [-0.39, 0.29) is 6.10 Å². The summed E-state index contributed by atoms with van der Waals surface area (Å²) in [5.74, 6) is 0. The minimum absolute atomic E-state index is 0.000963. The summed E-state index contributed by atoms with van der Waals surface area (Å²) in [6, 6.07) is 0.795. The highest BCUT2D eigenvalue weighted by Crippen LogP contribution is 2.25. The molecule has 2 nitrogen and oxygen atoms in total. The second-order valence-corrected chi connectivity index (χ2v) is 4.56. The number of aliphatic hydroxyl groups is 1. The molecule has 2 aliphatic rings. The van der Waals surface area contributed by atoms with Gasteiger partial charge in [-0.3, -0.25) is 0 Å². The van der Waals surface area contributed by atoms with Gasteiger partial charge in [-0.1, -0.05) is 6.42 Å². The quantitative estimate of drug-likeness (QED) is 0.670. The van der Waals surface area contributed by atoms with Gasteiger partial charge in [0.2, 0.25) is 0 Å². The topological polar surface area (TPSA) is 23.5 Å². The highest BCUT2D eigenvalue weighted by molar-refractivity contribution is 4.80. The summed E-state index contributed by atoms with van der Waals surface area (Å²) in [5.41, 5.74) is 0. The maximum absolute atomic E-state index is 9.41. The second kappa shape index (κ2) is 4.43. The molecule has 1 saturated carbocycles. The molecule has 1 aliphatic heterocycles. The van der Waals surface area contributed by atoms with Gasteiger partial charge < -0.3 is 10.0 Å². The van der Waals surface area contributed by atoms with Crippen LogP contribution in [0.5, 0.6) is 0 Å². The molecule has 0 spiro atoms. The van der Waals surface area contributed by atoms with Crippen LogP contribution < -0.4 is 0 Å². The van der Waals surface area contributed by atoms with Crippen LogP contribution >= 0.6 is 0 Å². The van der Waals surface area contributed by atoms with Crippen LogP contribution in [-0.4, -0.2) is 35.2 Å². The normalized spacial score (nSPS) is 37.6. The molecule has 0 amide bonds. The molecule has 1 saturated heterocycles. The molecule has 0 radical (unpaired) electrons. The lowest BCUT2D eigenvalue weighted by Crippen LogP contribution is -2.41. The number of piperidine rings is 1. The number of rotatable bonds is 1. The Morgan fingerprint density at radius 1 is 0.846 bits per heavy atom. The van der Waals surface area contributed by atoms with E-state index in [0.29, 0.717) is 0 Å². The third-order valence-corrected chi connectivity index (χ3v) is 3.57. The van der Waals surface area contributed by atoms with Crippen molar-refractivity contribution < 1.29 is 5.11 Å². The third-order valence-electron chi connectivity index (χ3n) is 3.57. The Bertz CT molecular complexity index is 146. The first-order chi connectivity index (χ1) is 6.36. The van der Waals surface area contributed by atoms with Gasteiger partial charge in [0.25, 0.3) is 0 Å². The highest BCUT2D eigenvalue weighted by Gasteiger charge is 2.25. The van der Waals surface area contributed by atoms with Crippen molar-refractivity contribution in [3.8, 4) is 0 Å². The van der Waals surface area contributed by atoms with Gasteiger partial charge >= 0.3 is 0 Å². The van der Waals surface area contributed by atoms with Gasteiger partial charge in [-0.05, 0) is 51.6 Å². The standard InChI is InChI=1S/C11H21NO/c13-11-6-4-10(5-7-11)12-8-2-1-3-9-12/h10-11,13H,1-9H2/t10-,11-. The summed E-state index contributed by atoms with van der Waals surface area (Å²) in [5, 5.41) is 9.41. The number of nitrogens with zero attached hydrogens (tertiary/aromatic N) is 1. The van der Waals surface area contributed by atoms with Gasteiger partial charge in [0.1, 0.15) is 0 Å². The smallest absolute Gasteiger partial charge is 0.0541 e. The molecule has 76 valence electrons. The van der Waals surface area contributed by atoms with E-state index in [1.54, 1.807) is 0 Å². The van der Waals surface area contributed by atoms with Gasteiger partial charge in [-0.25, -0.2) is 0 Å². The van der Waals surface area contributed by atoms with Crippen molar-refractivity contribution in [1.82, 2.24) is 4.90 Å². The van der Waals surface area contributed by atoms with Crippen molar-refractivity contribution in [2.75, 3.05) is 13.1 Å². The van der Waals surface area contributed by atoms with Crippen LogP contribution in [-0.2, 0) is 0 Å². The van der Waals surface area contributed by atoms with Gasteiger partial charge in [0.05, 0.1) is 6.10 Å². The van der Waals surface area contributed by atoms with Crippen LogP contribution in [0.15, 0.2) is 0 Å². The Balaban J connectivity index is 1.79. The molecule has 1 N–H and O–H groups in total. The lowest BCUT2D eigenvalue weighted by Gasteiger charge is -2.37. The van der Waals surface area contributed by atoms with Crippen molar-refractivity contribution in [2.45, 2.75) is 57.1 Å². The fourth-order valence-electron chi connectivity index (χ4n) is 2.71. The van der Waals surface area contributed by atoms with Crippen LogP contribution in [0.25, 0.3) is 0 Å². The van der Waals surface area contributed by atoms with Crippen molar-refractivity contribution in [2.24, 2.45) is 0 Å². The second-order valence-electron chi connectivity index (χ2n) is 4.56. The van der Waals surface area contributed by atoms with Crippen LogP contribution in [0, 0.1) is 0 Å². The van der Waals surface area contributed by atoms with E-state index in [4.69, 9.17) is 0 Å². The van der Waals surface area contributed by atoms with Crippen molar-refractivity contribution in [3.05, 3.63) is 0 Å². The SMILES string of the molecule is O[C@H]1CC[C@H](N2CCCCC2)CC1. The van der Waals surface area contributed by atoms with E-state index in [9.17, 15) is 5.11 Å². The Morgan fingerprint density at radius 2 is 1.46 bits per heavy atom. The Labute approximate surface area is 80.9 Å². The Morgan fingerprint density at radius 3 is 2.08 bits per heavy atom. The van der Waals surface area contributed by atoms with E-state index < -0.39 is 0 Å². The number of likely N-dealkylation sites (tertiary alicyclic amines) is 1. The number of aliphatic hydroxyl groups excluding tert-OH is 1. The average Bonchev–Trinajstić information content (AvgIpc) is 2.20.